The molecule has 0 radical (unpaired) electrons. The van der Waals surface area contributed by atoms with Crippen molar-refractivity contribution >= 4 is 32.7 Å². The molecule has 2 N–H and O–H groups in total. The molecule has 1 aliphatic heterocycles. The zero-order valence-electron chi connectivity index (χ0n) is 17.9. The molecule has 1 saturated heterocycles. The number of aromatic nitrogens is 1. The number of non-ortho nitro benzene ring substituents is 1. The van der Waals surface area contributed by atoms with Crippen LogP contribution in [0.2, 0.25) is 0 Å². The first kappa shape index (κ1) is 23.1. The van der Waals surface area contributed by atoms with E-state index in [4.69, 9.17) is 14.9 Å². The second-order valence-corrected chi connectivity index (χ2v) is 9.98. The predicted octanol–water partition coefficient (Wildman–Crippen LogP) is 2.70. The number of methoxy groups -OCH3 is 1. The van der Waals surface area contributed by atoms with Crippen molar-refractivity contribution in [3.05, 3.63) is 63.7 Å². The number of nitrogens with two attached hydrogens (primary N) is 1. The van der Waals surface area contributed by atoms with E-state index >= 15 is 0 Å². The van der Waals surface area contributed by atoms with E-state index in [2.05, 4.69) is 4.90 Å². The van der Waals surface area contributed by atoms with Crippen molar-refractivity contribution in [3.63, 3.8) is 0 Å². The molecular weight excluding hydrogens is 466 g/mol. The number of nitrogens with zero attached hydrogens (tertiary/aromatic N) is 4. The van der Waals surface area contributed by atoms with Gasteiger partial charge in [-0.2, -0.15) is 0 Å². The maximum atomic E-state index is 12.0. The van der Waals surface area contributed by atoms with Gasteiger partial charge in [-0.05, 0) is 30.3 Å². The number of sulfonamides is 1. The molecule has 2 heterocycles. The molecule has 1 fully saturated rings. The number of rotatable bonds is 7. The van der Waals surface area contributed by atoms with Gasteiger partial charge in [-0.25, -0.2) is 18.5 Å². The number of anilines is 1. The van der Waals surface area contributed by atoms with E-state index in [0.717, 1.165) is 28.1 Å². The average Bonchev–Trinajstić information content (AvgIpc) is 3.27. The first-order valence-electron chi connectivity index (χ1n) is 10.1. The van der Waals surface area contributed by atoms with Gasteiger partial charge in [-0.1, -0.05) is 0 Å². The Kier molecular flexibility index (Phi) is 6.61. The van der Waals surface area contributed by atoms with Crippen molar-refractivity contribution in [2.75, 3.05) is 38.2 Å². The first-order chi connectivity index (χ1) is 15.7. The Bertz CT molecular complexity index is 1250. The second-order valence-electron chi connectivity index (χ2n) is 7.59. The lowest BCUT2D eigenvalue weighted by molar-refractivity contribution is -0.385. The summed E-state index contributed by atoms with van der Waals surface area (Å²) in [5.41, 5.74) is 2.08. The van der Waals surface area contributed by atoms with E-state index in [-0.39, 0.29) is 10.6 Å². The fourth-order valence-electron chi connectivity index (χ4n) is 3.73. The van der Waals surface area contributed by atoms with Gasteiger partial charge in [0, 0.05) is 55.8 Å². The third kappa shape index (κ3) is 5.30. The van der Waals surface area contributed by atoms with Crippen LogP contribution in [-0.4, -0.2) is 56.5 Å². The van der Waals surface area contributed by atoms with Crippen LogP contribution in [0.4, 0.5) is 11.4 Å². The molecule has 0 atom stereocenters. The summed E-state index contributed by atoms with van der Waals surface area (Å²) in [6.45, 7) is 3.20. The third-order valence-electron chi connectivity index (χ3n) is 5.45. The highest BCUT2D eigenvalue weighted by atomic mass is 32.2. The fraction of sp³-hybridized carbons (Fsp3) is 0.286. The molecule has 2 aromatic carbocycles. The van der Waals surface area contributed by atoms with Crippen molar-refractivity contribution in [2.45, 2.75) is 11.4 Å². The Labute approximate surface area is 195 Å². The Morgan fingerprint density at radius 1 is 1.15 bits per heavy atom. The SMILES string of the molecule is COc1ccc(-c2nc(CN3CCN(c4ccc([N+](=O)[O-])cc4S(N)(=O)=O)CC3)cs2)cc1. The minimum absolute atomic E-state index is 0.228. The molecule has 0 bridgehead atoms. The number of piperazine rings is 1. The van der Waals surface area contributed by atoms with E-state index < -0.39 is 14.9 Å². The minimum Gasteiger partial charge on any atom is -0.497 e. The Morgan fingerprint density at radius 3 is 2.45 bits per heavy atom. The maximum absolute atomic E-state index is 12.0. The number of primary sulfonamides is 1. The zero-order valence-corrected chi connectivity index (χ0v) is 19.5. The molecule has 0 saturated carbocycles. The number of thiazole rings is 1. The van der Waals surface area contributed by atoms with Crippen molar-refractivity contribution in [1.82, 2.24) is 9.88 Å². The number of hydrogen-bond acceptors (Lipinski definition) is 9. The molecule has 4 rings (SSSR count). The summed E-state index contributed by atoms with van der Waals surface area (Å²) in [5, 5.41) is 19.4. The predicted molar refractivity (Wildman–Crippen MR) is 126 cm³/mol. The van der Waals surface area contributed by atoms with E-state index in [0.29, 0.717) is 38.4 Å². The van der Waals surface area contributed by atoms with Crippen LogP contribution in [0.1, 0.15) is 5.69 Å². The lowest BCUT2D eigenvalue weighted by atomic mass is 10.2. The number of hydrogen-bond donors (Lipinski definition) is 1. The van der Waals surface area contributed by atoms with Crippen LogP contribution in [0.15, 0.2) is 52.7 Å². The summed E-state index contributed by atoms with van der Waals surface area (Å²) in [7, 11) is -2.47. The third-order valence-corrected chi connectivity index (χ3v) is 7.33. The van der Waals surface area contributed by atoms with Crippen LogP contribution in [0.5, 0.6) is 5.75 Å². The fourth-order valence-corrected chi connectivity index (χ4v) is 5.32. The Hall–Kier alpha value is -3.06. The highest BCUT2D eigenvalue weighted by Gasteiger charge is 2.25. The molecular formula is C21H23N5O5S2. The van der Waals surface area contributed by atoms with Gasteiger partial charge in [0.2, 0.25) is 10.0 Å². The van der Waals surface area contributed by atoms with E-state index in [9.17, 15) is 18.5 Å². The van der Waals surface area contributed by atoms with E-state index in [1.807, 2.05) is 34.5 Å². The molecule has 0 amide bonds. The largest absolute Gasteiger partial charge is 0.497 e. The first-order valence-corrected chi connectivity index (χ1v) is 12.5. The van der Waals surface area contributed by atoms with Crippen LogP contribution in [0.25, 0.3) is 10.6 Å². The Morgan fingerprint density at radius 2 is 1.85 bits per heavy atom. The summed E-state index contributed by atoms with van der Waals surface area (Å²) >= 11 is 1.59. The summed E-state index contributed by atoms with van der Waals surface area (Å²) in [4.78, 5) is 19.1. The molecule has 0 aliphatic carbocycles. The number of nitro groups is 1. The van der Waals surface area contributed by atoms with Crippen LogP contribution >= 0.6 is 11.3 Å². The normalized spacial score (nSPS) is 14.9. The van der Waals surface area contributed by atoms with E-state index in [1.165, 1.54) is 12.1 Å². The zero-order chi connectivity index (χ0) is 23.6. The number of nitro benzene ring substituents is 1. The Balaban J connectivity index is 1.42. The van der Waals surface area contributed by atoms with Crippen molar-refractivity contribution in [2.24, 2.45) is 5.14 Å². The summed E-state index contributed by atoms with van der Waals surface area (Å²) in [6, 6.07) is 11.5. The van der Waals surface area contributed by atoms with Crippen molar-refractivity contribution < 1.29 is 18.1 Å². The second kappa shape index (κ2) is 9.43. The molecule has 10 nitrogen and oxygen atoms in total. The van der Waals surface area contributed by atoms with Crippen LogP contribution in [0.3, 0.4) is 0 Å². The smallest absolute Gasteiger partial charge is 0.270 e. The molecule has 1 aliphatic rings. The van der Waals surface area contributed by atoms with Gasteiger partial charge >= 0.3 is 0 Å². The molecule has 12 heteroatoms. The van der Waals surface area contributed by atoms with E-state index in [1.54, 1.807) is 18.4 Å². The van der Waals surface area contributed by atoms with Gasteiger partial charge < -0.3 is 9.64 Å². The van der Waals surface area contributed by atoms with Gasteiger partial charge in [-0.3, -0.25) is 15.0 Å². The van der Waals surface area contributed by atoms with Gasteiger partial charge in [0.05, 0.1) is 23.4 Å². The summed E-state index contributed by atoms with van der Waals surface area (Å²) in [6.07, 6.45) is 0. The minimum atomic E-state index is -4.11. The van der Waals surface area contributed by atoms with Crippen molar-refractivity contribution in [1.29, 1.82) is 0 Å². The lowest BCUT2D eigenvalue weighted by Gasteiger charge is -2.36. The molecule has 3 aromatic rings. The van der Waals surface area contributed by atoms with Gasteiger partial charge in [0.25, 0.3) is 5.69 Å². The molecule has 174 valence electrons. The topological polar surface area (TPSA) is 132 Å². The van der Waals surface area contributed by atoms with Crippen LogP contribution < -0.4 is 14.8 Å². The lowest BCUT2D eigenvalue weighted by Crippen LogP contribution is -2.46. The number of benzene rings is 2. The summed E-state index contributed by atoms with van der Waals surface area (Å²) in [5.74, 6) is 0.798. The monoisotopic (exact) mass is 489 g/mol. The highest BCUT2D eigenvalue weighted by molar-refractivity contribution is 7.89. The van der Waals surface area contributed by atoms with Gasteiger partial charge in [-0.15, -0.1) is 11.3 Å². The van der Waals surface area contributed by atoms with Crippen LogP contribution in [-0.2, 0) is 16.6 Å². The van der Waals surface area contributed by atoms with Gasteiger partial charge in [0.15, 0.2) is 0 Å². The molecule has 0 spiro atoms. The maximum Gasteiger partial charge on any atom is 0.270 e. The van der Waals surface area contributed by atoms with Gasteiger partial charge in [0.1, 0.15) is 15.7 Å². The summed E-state index contributed by atoms with van der Waals surface area (Å²) < 4.78 is 29.3. The van der Waals surface area contributed by atoms with Crippen molar-refractivity contribution in [3.8, 4) is 16.3 Å². The van der Waals surface area contributed by atoms with Crippen LogP contribution in [0, 0.1) is 10.1 Å². The highest BCUT2D eigenvalue weighted by Crippen LogP contribution is 2.30. The average molecular weight is 490 g/mol. The molecule has 33 heavy (non-hydrogen) atoms. The standard InChI is InChI=1S/C21H23N5O5S2/c1-31-18-5-2-15(3-6-18)21-23-16(14-32-21)13-24-8-10-25(11-9-24)19-7-4-17(26(27)28)12-20(19)33(22,29)30/h2-7,12,14H,8-11,13H2,1H3,(H2,22,29,30). The quantitative estimate of drug-likeness (QED) is 0.396. The molecule has 0 unspecified atom stereocenters. The number of ether oxygens (including phenoxy) is 1. The molecule has 1 aromatic heterocycles.